The van der Waals surface area contributed by atoms with Crippen molar-refractivity contribution in [2.45, 2.75) is 97.0 Å². The van der Waals surface area contributed by atoms with E-state index >= 15 is 0 Å². The third-order valence-electron chi connectivity index (χ3n) is 12.3. The van der Waals surface area contributed by atoms with E-state index in [0.717, 1.165) is 17.0 Å². The van der Waals surface area contributed by atoms with Crippen molar-refractivity contribution >= 4 is 43.4 Å². The van der Waals surface area contributed by atoms with Gasteiger partial charge >= 0.3 is 269 Å². The molecule has 46 heavy (non-hydrogen) atoms. The molecule has 3 aromatic rings. The first kappa shape index (κ1) is 35.3. The fourth-order valence-electron chi connectivity index (χ4n) is 10.0. The summed E-state index contributed by atoms with van der Waals surface area (Å²) < 4.78 is 11.6. The third kappa shape index (κ3) is 4.58. The number of fused-ring (bicyclic) bond motifs is 5. The van der Waals surface area contributed by atoms with Crippen LogP contribution >= 0.6 is 24.8 Å². The Bertz CT molecular complexity index is 1990. The monoisotopic (exact) mass is 728 g/mol. The Morgan fingerprint density at radius 2 is 1.39 bits per heavy atom. The molecule has 0 radical (unpaired) electrons. The van der Waals surface area contributed by atoms with Gasteiger partial charge in [-0.15, -0.1) is 24.8 Å². The van der Waals surface area contributed by atoms with Gasteiger partial charge in [-0.2, -0.15) is 0 Å². The van der Waals surface area contributed by atoms with Crippen LogP contribution in [0.15, 0.2) is 85.0 Å². The molecule has 242 valence electrons. The molecular formula is C43H52Cl2Zr. The Hall–Kier alpha value is -2.05. The SMILES string of the molecule is Cl.Cl.[CH2]=[Zr]([CH2]C)([C]1=CC(C(C)(C)C)=CC1)([C]1=C(C)c2cc3c(cc2C1(C)C)Cc1cc2c(cc1-3)C(C)=CC2(C)C)[c]1ccccc1. The van der Waals surface area contributed by atoms with Crippen molar-refractivity contribution in [1.82, 2.24) is 0 Å². The average molecular weight is 731 g/mol. The van der Waals surface area contributed by atoms with Gasteiger partial charge in [0.15, 0.2) is 0 Å². The van der Waals surface area contributed by atoms with Crippen molar-refractivity contribution in [2.75, 3.05) is 0 Å². The molecule has 4 aliphatic rings. The fraction of sp³-hybridized carbons (Fsp3) is 0.372. The van der Waals surface area contributed by atoms with Gasteiger partial charge in [0, 0.05) is 0 Å². The zero-order valence-corrected chi connectivity index (χ0v) is 33.7. The molecule has 0 amide bonds. The molecule has 0 saturated carbocycles. The minimum atomic E-state index is -4.31. The summed E-state index contributed by atoms with van der Waals surface area (Å²) in [5, 5.41) is 0. The number of benzene rings is 3. The van der Waals surface area contributed by atoms with Crippen LogP contribution in [0.3, 0.4) is 0 Å². The number of hydrogen-bond acceptors (Lipinski definition) is 0. The van der Waals surface area contributed by atoms with E-state index in [4.69, 9.17) is 4.21 Å². The first-order valence-corrected chi connectivity index (χ1v) is 24.0. The van der Waals surface area contributed by atoms with E-state index in [1.165, 1.54) is 64.5 Å². The Balaban J connectivity index is 0.00000208. The van der Waals surface area contributed by atoms with Crippen LogP contribution in [0.1, 0.15) is 109 Å². The average Bonchev–Trinajstić information content (AvgIpc) is 3.70. The summed E-state index contributed by atoms with van der Waals surface area (Å²) in [6.07, 6.45) is 9.62. The number of hydrogen-bond donors (Lipinski definition) is 0. The van der Waals surface area contributed by atoms with E-state index in [1.807, 2.05) is 0 Å². The summed E-state index contributed by atoms with van der Waals surface area (Å²) in [4.78, 5) is 0. The van der Waals surface area contributed by atoms with Gasteiger partial charge in [-0.1, -0.05) is 0 Å². The second kappa shape index (κ2) is 11.0. The van der Waals surface area contributed by atoms with Gasteiger partial charge in [-0.3, -0.25) is 0 Å². The number of halogens is 2. The Morgan fingerprint density at radius 1 is 0.804 bits per heavy atom. The number of rotatable bonds is 4. The maximum absolute atomic E-state index is 5.62. The van der Waals surface area contributed by atoms with Crippen LogP contribution in [-0.2, 0) is 35.5 Å². The fourth-order valence-corrected chi connectivity index (χ4v) is 27.2. The van der Waals surface area contributed by atoms with Gasteiger partial charge in [-0.25, -0.2) is 0 Å². The van der Waals surface area contributed by atoms with Crippen molar-refractivity contribution in [2.24, 2.45) is 5.41 Å². The first-order chi connectivity index (χ1) is 20.5. The van der Waals surface area contributed by atoms with Crippen LogP contribution in [0.5, 0.6) is 0 Å². The van der Waals surface area contributed by atoms with Gasteiger partial charge < -0.3 is 0 Å². The van der Waals surface area contributed by atoms with Crippen molar-refractivity contribution in [3.05, 3.63) is 118 Å². The quantitative estimate of drug-likeness (QED) is 0.196. The van der Waals surface area contributed by atoms with E-state index in [2.05, 4.69) is 142 Å². The summed E-state index contributed by atoms with van der Waals surface area (Å²) in [5.74, 6) is 0. The van der Waals surface area contributed by atoms with E-state index in [9.17, 15) is 0 Å². The predicted molar refractivity (Wildman–Crippen MR) is 205 cm³/mol. The summed E-state index contributed by atoms with van der Waals surface area (Å²) in [5.41, 5.74) is 16.3. The second-order valence-corrected chi connectivity index (χ2v) is 30.9. The van der Waals surface area contributed by atoms with E-state index < -0.39 is 18.3 Å². The van der Waals surface area contributed by atoms with Gasteiger partial charge in [0.1, 0.15) is 0 Å². The standard InChI is InChI=1S/C25H25.C9H13.C6H5.C2H5.CH2.2ClH.Zr/c1-14-12-24(3,4)22-8-16-7-17-9-23-19(15(2)13-25(23,5)6)11-21(17)20(16)10-18(14)22;1-9(2,3)8-6-4-5-7-8;1-2-4-6-5-3-1;1-2;;;;/h8-12H,7H2,1-6H3;6-7H,4H2,1-3H3;1-5H;1H2,2H3;1H2;2*1H;. The first-order valence-electron chi connectivity index (χ1n) is 16.8. The normalized spacial score (nSPS) is 18.9. The Labute approximate surface area is 291 Å². The van der Waals surface area contributed by atoms with Crippen LogP contribution in [0, 0.1) is 5.41 Å². The molecule has 0 saturated heterocycles. The molecule has 0 bridgehead atoms. The Kier molecular flexibility index (Phi) is 8.42. The zero-order chi connectivity index (χ0) is 31.6. The van der Waals surface area contributed by atoms with Crippen molar-refractivity contribution in [1.29, 1.82) is 0 Å². The van der Waals surface area contributed by atoms with Crippen LogP contribution in [0.2, 0.25) is 4.13 Å². The van der Waals surface area contributed by atoms with Gasteiger partial charge in [0.25, 0.3) is 0 Å². The molecule has 0 heterocycles. The summed E-state index contributed by atoms with van der Waals surface area (Å²) in [6.45, 7) is 24.0. The summed E-state index contributed by atoms with van der Waals surface area (Å²) in [6, 6.07) is 21.7. The zero-order valence-electron chi connectivity index (χ0n) is 29.6. The molecule has 4 aliphatic carbocycles. The second-order valence-electron chi connectivity index (χ2n) is 16.6. The molecule has 7 rings (SSSR count). The molecule has 0 atom stereocenters. The molecule has 0 spiro atoms. The van der Waals surface area contributed by atoms with Gasteiger partial charge in [-0.05, 0) is 0 Å². The molecule has 0 aliphatic heterocycles. The molecule has 0 unspecified atom stereocenters. The number of allylic oxidation sites excluding steroid dienone is 8. The topological polar surface area (TPSA) is 0 Å². The molecule has 3 aromatic carbocycles. The van der Waals surface area contributed by atoms with Gasteiger partial charge in [0.05, 0.1) is 0 Å². The van der Waals surface area contributed by atoms with Crippen molar-refractivity contribution in [3.8, 4) is 11.1 Å². The maximum atomic E-state index is 5.62. The van der Waals surface area contributed by atoms with E-state index in [0.29, 0.717) is 0 Å². The summed E-state index contributed by atoms with van der Waals surface area (Å²) in [7, 11) is 0. The van der Waals surface area contributed by atoms with E-state index in [-0.39, 0.29) is 41.1 Å². The minimum absolute atomic E-state index is 0. The van der Waals surface area contributed by atoms with Crippen molar-refractivity contribution in [3.63, 3.8) is 0 Å². The van der Waals surface area contributed by atoms with Crippen LogP contribution in [-0.4, -0.2) is 4.21 Å². The summed E-state index contributed by atoms with van der Waals surface area (Å²) >= 11 is -4.31. The van der Waals surface area contributed by atoms with Crippen LogP contribution < -0.4 is 3.27 Å². The predicted octanol–water partition coefficient (Wildman–Crippen LogP) is 12.0. The molecule has 0 aromatic heterocycles. The molecule has 0 nitrogen and oxygen atoms in total. The molecule has 0 N–H and O–H groups in total. The van der Waals surface area contributed by atoms with Crippen LogP contribution in [0.4, 0.5) is 0 Å². The third-order valence-corrected chi connectivity index (χ3v) is 30.5. The van der Waals surface area contributed by atoms with Gasteiger partial charge in [0.2, 0.25) is 0 Å². The molecule has 3 heteroatoms. The van der Waals surface area contributed by atoms with Crippen molar-refractivity contribution < 1.29 is 18.3 Å². The van der Waals surface area contributed by atoms with E-state index in [1.54, 1.807) is 6.56 Å². The molecule has 0 fully saturated rings. The van der Waals surface area contributed by atoms with Crippen LogP contribution in [0.25, 0.3) is 22.3 Å². The molecular weight excluding hydrogens is 679 g/mol. The Morgan fingerprint density at radius 3 is 1.96 bits per heavy atom.